The Balaban J connectivity index is 0.000000162. The van der Waals surface area contributed by atoms with Crippen molar-refractivity contribution in [3.8, 4) is 6.07 Å². The first kappa shape index (κ1) is 18.9. The van der Waals surface area contributed by atoms with E-state index in [1.165, 1.54) is 0 Å². The van der Waals surface area contributed by atoms with Crippen LogP contribution in [0.5, 0.6) is 0 Å². The van der Waals surface area contributed by atoms with Crippen LogP contribution >= 0.6 is 0 Å². The number of rotatable bonds is 4. The molecule has 0 aromatic heterocycles. The summed E-state index contributed by atoms with van der Waals surface area (Å²) in [6.45, 7) is 0. The van der Waals surface area contributed by atoms with Crippen molar-refractivity contribution in [2.45, 2.75) is 5.92 Å². The van der Waals surface area contributed by atoms with E-state index >= 15 is 0 Å². The lowest BCUT2D eigenvalue weighted by Gasteiger charge is -2.08. The maximum absolute atomic E-state index is 9.18. The molecule has 0 aliphatic heterocycles. The minimum Gasteiger partial charge on any atom is -0.356 e. The molecule has 1 N–H and O–H groups in total. The van der Waals surface area contributed by atoms with Gasteiger partial charge in [0.25, 0.3) is 0 Å². The second-order valence-electron chi connectivity index (χ2n) is 6.24. The Morgan fingerprint density at radius 1 is 0.500 bits per heavy atom. The minimum atomic E-state index is -0.160. The summed E-state index contributed by atoms with van der Waals surface area (Å²) in [5.74, 6) is -0.160. The highest BCUT2D eigenvalue weighted by molar-refractivity contribution is 5.58. The molecule has 0 bridgehead atoms. The number of hydrogen-bond acceptors (Lipinski definition) is 2. The number of nitriles is 1. The minimum absolute atomic E-state index is 0.160. The second-order valence-corrected chi connectivity index (χ2v) is 6.24. The summed E-state index contributed by atoms with van der Waals surface area (Å²) in [4.78, 5) is 0. The summed E-state index contributed by atoms with van der Waals surface area (Å²) in [5, 5.41) is 12.5. The topological polar surface area (TPSA) is 35.8 Å². The van der Waals surface area contributed by atoms with Crippen molar-refractivity contribution in [1.82, 2.24) is 0 Å². The molecule has 0 heterocycles. The Morgan fingerprint density at radius 2 is 0.821 bits per heavy atom. The molecular weight excluding hydrogens is 340 g/mol. The molecule has 0 unspecified atom stereocenters. The van der Waals surface area contributed by atoms with Crippen molar-refractivity contribution in [1.29, 1.82) is 5.26 Å². The van der Waals surface area contributed by atoms with Crippen LogP contribution < -0.4 is 5.32 Å². The molecule has 2 nitrogen and oxygen atoms in total. The largest absolute Gasteiger partial charge is 0.356 e. The van der Waals surface area contributed by atoms with Crippen molar-refractivity contribution in [2.24, 2.45) is 0 Å². The van der Waals surface area contributed by atoms with E-state index in [0.29, 0.717) is 0 Å². The summed E-state index contributed by atoms with van der Waals surface area (Å²) in [6.07, 6.45) is 0. The molecule has 2 heteroatoms. The van der Waals surface area contributed by atoms with E-state index in [-0.39, 0.29) is 5.92 Å². The van der Waals surface area contributed by atoms with Gasteiger partial charge in [-0.05, 0) is 35.4 Å². The highest BCUT2D eigenvalue weighted by atomic mass is 14.9. The molecule has 0 saturated carbocycles. The molecule has 4 aromatic carbocycles. The van der Waals surface area contributed by atoms with Crippen LogP contribution in [0.25, 0.3) is 0 Å². The van der Waals surface area contributed by atoms with Gasteiger partial charge in [0.1, 0.15) is 0 Å². The van der Waals surface area contributed by atoms with Gasteiger partial charge in [0.2, 0.25) is 0 Å². The van der Waals surface area contributed by atoms with Gasteiger partial charge < -0.3 is 5.32 Å². The fraction of sp³-hybridized carbons (Fsp3) is 0.0385. The summed E-state index contributed by atoms with van der Waals surface area (Å²) in [6, 6.07) is 42.3. The van der Waals surface area contributed by atoms with Crippen molar-refractivity contribution in [3.63, 3.8) is 0 Å². The molecule has 4 rings (SSSR count). The predicted octanol–water partition coefficient (Wildman–Crippen LogP) is 6.77. The van der Waals surface area contributed by atoms with E-state index in [0.717, 1.165) is 22.5 Å². The Morgan fingerprint density at radius 3 is 1.14 bits per heavy atom. The van der Waals surface area contributed by atoms with Gasteiger partial charge in [-0.1, -0.05) is 97.1 Å². The SMILES string of the molecule is N#CC(c1ccccc1)c1ccccc1.c1ccc(Nc2ccccc2)cc1. The third kappa shape index (κ3) is 5.59. The number of hydrogen-bond donors (Lipinski definition) is 1. The molecule has 28 heavy (non-hydrogen) atoms. The Labute approximate surface area is 166 Å². The van der Waals surface area contributed by atoms with Crippen LogP contribution in [0.15, 0.2) is 121 Å². The normalized spacial score (nSPS) is 9.71. The first-order chi connectivity index (χ1) is 13.9. The van der Waals surface area contributed by atoms with Crippen LogP contribution in [-0.2, 0) is 0 Å². The molecule has 0 radical (unpaired) electrons. The van der Waals surface area contributed by atoms with Gasteiger partial charge in [-0.15, -0.1) is 0 Å². The number of para-hydroxylation sites is 2. The van der Waals surface area contributed by atoms with E-state index in [2.05, 4.69) is 11.4 Å². The zero-order valence-electron chi connectivity index (χ0n) is 15.6. The highest BCUT2D eigenvalue weighted by Crippen LogP contribution is 2.23. The van der Waals surface area contributed by atoms with Gasteiger partial charge in [0.15, 0.2) is 0 Å². The van der Waals surface area contributed by atoms with Gasteiger partial charge >= 0.3 is 0 Å². The Hall–Kier alpha value is -3.83. The number of nitrogens with one attached hydrogen (secondary N) is 1. The first-order valence-electron chi connectivity index (χ1n) is 9.23. The lowest BCUT2D eigenvalue weighted by molar-refractivity contribution is 1.04. The van der Waals surface area contributed by atoms with Gasteiger partial charge in [-0.3, -0.25) is 0 Å². The van der Waals surface area contributed by atoms with Gasteiger partial charge in [-0.2, -0.15) is 5.26 Å². The fourth-order valence-corrected chi connectivity index (χ4v) is 2.84. The van der Waals surface area contributed by atoms with E-state index in [1.54, 1.807) is 0 Å². The lowest BCUT2D eigenvalue weighted by Crippen LogP contribution is -1.96. The maximum Gasteiger partial charge on any atom is 0.0962 e. The first-order valence-corrected chi connectivity index (χ1v) is 9.23. The molecule has 0 amide bonds. The quantitative estimate of drug-likeness (QED) is 0.435. The molecule has 0 fully saturated rings. The zero-order valence-corrected chi connectivity index (χ0v) is 15.6. The number of nitrogens with zero attached hydrogens (tertiary/aromatic N) is 1. The van der Waals surface area contributed by atoms with Crippen molar-refractivity contribution in [3.05, 3.63) is 132 Å². The van der Waals surface area contributed by atoms with Crippen LogP contribution in [-0.4, -0.2) is 0 Å². The third-order valence-corrected chi connectivity index (χ3v) is 4.23. The standard InChI is InChI=1S/C14H11N.C12H11N/c15-11-14(12-7-3-1-4-8-12)13-9-5-2-6-10-13;1-3-7-11(8-4-1)13-12-9-5-2-6-10-12/h1-10,14H;1-10,13H. The van der Waals surface area contributed by atoms with Crippen molar-refractivity contribution >= 4 is 11.4 Å². The molecule has 0 atom stereocenters. The van der Waals surface area contributed by atoms with Gasteiger partial charge in [-0.25, -0.2) is 0 Å². The molecule has 0 aliphatic rings. The second kappa shape index (κ2) is 10.4. The lowest BCUT2D eigenvalue weighted by atomic mass is 9.93. The van der Waals surface area contributed by atoms with E-state index in [9.17, 15) is 5.26 Å². The average molecular weight is 362 g/mol. The van der Waals surface area contributed by atoms with Crippen LogP contribution in [0, 0.1) is 11.3 Å². The van der Waals surface area contributed by atoms with Crippen molar-refractivity contribution < 1.29 is 0 Å². The van der Waals surface area contributed by atoms with Crippen LogP contribution in [0.4, 0.5) is 11.4 Å². The fourth-order valence-electron chi connectivity index (χ4n) is 2.84. The molecule has 0 saturated heterocycles. The number of benzene rings is 4. The molecule has 0 aliphatic carbocycles. The zero-order chi connectivity index (χ0) is 19.4. The van der Waals surface area contributed by atoms with Crippen molar-refractivity contribution in [2.75, 3.05) is 5.32 Å². The summed E-state index contributed by atoms with van der Waals surface area (Å²) < 4.78 is 0. The maximum atomic E-state index is 9.18. The third-order valence-electron chi connectivity index (χ3n) is 4.23. The highest BCUT2D eigenvalue weighted by Gasteiger charge is 2.11. The number of anilines is 2. The van der Waals surface area contributed by atoms with Crippen LogP contribution in [0.1, 0.15) is 17.0 Å². The molecule has 136 valence electrons. The predicted molar refractivity (Wildman–Crippen MR) is 117 cm³/mol. The summed E-state index contributed by atoms with van der Waals surface area (Å²) in [7, 11) is 0. The Bertz CT molecular complexity index is 899. The summed E-state index contributed by atoms with van der Waals surface area (Å²) in [5.41, 5.74) is 4.33. The van der Waals surface area contributed by atoms with Crippen LogP contribution in [0.2, 0.25) is 0 Å². The van der Waals surface area contributed by atoms with E-state index < -0.39 is 0 Å². The average Bonchev–Trinajstić information content (AvgIpc) is 2.78. The molecule has 4 aromatic rings. The molecule has 0 spiro atoms. The monoisotopic (exact) mass is 362 g/mol. The smallest absolute Gasteiger partial charge is 0.0962 e. The summed E-state index contributed by atoms with van der Waals surface area (Å²) >= 11 is 0. The molecular formula is C26H22N2. The van der Waals surface area contributed by atoms with E-state index in [1.807, 2.05) is 121 Å². The van der Waals surface area contributed by atoms with Gasteiger partial charge in [0, 0.05) is 11.4 Å². The van der Waals surface area contributed by atoms with E-state index in [4.69, 9.17) is 0 Å². The van der Waals surface area contributed by atoms with Crippen LogP contribution in [0.3, 0.4) is 0 Å². The Kier molecular flexibility index (Phi) is 7.00. The van der Waals surface area contributed by atoms with Gasteiger partial charge in [0.05, 0.1) is 12.0 Å².